The normalized spacial score (nSPS) is 19.8. The predicted molar refractivity (Wildman–Crippen MR) is 146 cm³/mol. The van der Waals surface area contributed by atoms with Gasteiger partial charge in [0.25, 0.3) is 0 Å². The summed E-state index contributed by atoms with van der Waals surface area (Å²) in [7, 11) is 2.88. The second-order valence-corrected chi connectivity index (χ2v) is 10.0. The highest BCUT2D eigenvalue weighted by Gasteiger charge is 2.60. The minimum Gasteiger partial charge on any atom is -0.496 e. The van der Waals surface area contributed by atoms with Gasteiger partial charge in [-0.2, -0.15) is 5.10 Å². The summed E-state index contributed by atoms with van der Waals surface area (Å²) >= 11 is 6.46. The second-order valence-electron chi connectivity index (χ2n) is 9.65. The Bertz CT molecular complexity index is 1650. The van der Waals surface area contributed by atoms with Crippen LogP contribution >= 0.6 is 11.6 Å². The first-order valence-electron chi connectivity index (χ1n) is 12.5. The van der Waals surface area contributed by atoms with Crippen LogP contribution in [-0.2, 0) is 11.3 Å². The summed E-state index contributed by atoms with van der Waals surface area (Å²) in [6.45, 7) is 2.35. The molecule has 2 atom stereocenters. The van der Waals surface area contributed by atoms with Crippen LogP contribution in [0.4, 0.5) is 5.69 Å². The van der Waals surface area contributed by atoms with Gasteiger partial charge in [0.2, 0.25) is 17.2 Å². The first-order valence-corrected chi connectivity index (χ1v) is 12.9. The third-order valence-corrected chi connectivity index (χ3v) is 7.54. The number of Topliss-reactive ketones (excluding diaryl/α,β-unsaturated/α-hetero) is 1. The fourth-order valence-electron chi connectivity index (χ4n) is 5.15. The number of anilines is 1. The summed E-state index contributed by atoms with van der Waals surface area (Å²) in [5, 5.41) is 10.7. The first-order chi connectivity index (χ1) is 19.3. The number of rotatable bonds is 7. The van der Waals surface area contributed by atoms with Gasteiger partial charge in [-0.05, 0) is 30.7 Å². The zero-order valence-electron chi connectivity index (χ0n) is 21.9. The highest BCUT2D eigenvalue weighted by atomic mass is 35.5. The number of allylic oxidation sites excluding steroid dienone is 1. The molecule has 11 nitrogen and oxygen atoms in total. The molecular weight excluding hydrogens is 536 g/mol. The van der Waals surface area contributed by atoms with Gasteiger partial charge >= 0.3 is 0 Å². The van der Waals surface area contributed by atoms with E-state index in [-0.39, 0.29) is 22.1 Å². The van der Waals surface area contributed by atoms with E-state index >= 15 is 0 Å². The van der Waals surface area contributed by atoms with Crippen LogP contribution in [0, 0.1) is 5.92 Å². The molecule has 2 N–H and O–H groups in total. The maximum Gasteiger partial charge on any atom is 0.236 e. The zero-order valence-corrected chi connectivity index (χ0v) is 22.7. The highest BCUT2D eigenvalue weighted by molar-refractivity contribution is 6.36. The standard InChI is InChI=1S/C28H25ClN6O5/c1-15-10-18(11-21(36)28(15)26(37)23-19(38-2)12-20(39-3)24(29)25(23)40-28)31-17-6-4-16(5-7-17)27-32-22(33-34-27)13-35-9-8-30-14-35/h4-9,11-12,14-15,31H,10,13H2,1-3H3,(H,32,33,34)/t15-,28+/m1/s1. The van der Waals surface area contributed by atoms with Crippen LogP contribution in [0.5, 0.6) is 17.2 Å². The molecule has 1 aliphatic heterocycles. The molecule has 2 aromatic carbocycles. The van der Waals surface area contributed by atoms with E-state index in [9.17, 15) is 9.59 Å². The smallest absolute Gasteiger partial charge is 0.236 e. The van der Waals surface area contributed by atoms with Crippen molar-refractivity contribution >= 4 is 28.9 Å². The van der Waals surface area contributed by atoms with Crippen molar-refractivity contribution in [2.45, 2.75) is 25.5 Å². The topological polar surface area (TPSA) is 133 Å². The molecule has 0 fully saturated rings. The molecule has 0 saturated carbocycles. The number of halogens is 1. The average molecular weight is 561 g/mol. The maximum atomic E-state index is 13.7. The number of methoxy groups -OCH3 is 2. The van der Waals surface area contributed by atoms with Crippen LogP contribution in [0.1, 0.15) is 29.5 Å². The van der Waals surface area contributed by atoms with Crippen molar-refractivity contribution in [2.24, 2.45) is 5.92 Å². The molecule has 0 radical (unpaired) electrons. The van der Waals surface area contributed by atoms with E-state index in [4.69, 9.17) is 25.8 Å². The molecular formula is C28H25ClN6O5. The second kappa shape index (κ2) is 9.83. The molecule has 2 aromatic heterocycles. The van der Waals surface area contributed by atoms with Crippen LogP contribution in [0.25, 0.3) is 11.4 Å². The molecule has 0 unspecified atom stereocenters. The van der Waals surface area contributed by atoms with Gasteiger partial charge in [-0.25, -0.2) is 9.97 Å². The number of ether oxygens (including phenoxy) is 3. The van der Waals surface area contributed by atoms with E-state index in [1.54, 1.807) is 12.5 Å². The van der Waals surface area contributed by atoms with Crippen LogP contribution in [-0.4, -0.2) is 56.1 Å². The van der Waals surface area contributed by atoms with Gasteiger partial charge in [-0.3, -0.25) is 14.7 Å². The quantitative estimate of drug-likeness (QED) is 0.317. The Morgan fingerprint density at radius 1 is 1.20 bits per heavy atom. The fraction of sp³-hybridized carbons (Fsp3) is 0.250. The Balaban J connectivity index is 1.20. The molecule has 1 aliphatic carbocycles. The van der Waals surface area contributed by atoms with Gasteiger partial charge in [0, 0.05) is 47.4 Å². The number of imidazole rings is 1. The number of carbonyl (C=O) groups is 2. The summed E-state index contributed by atoms with van der Waals surface area (Å²) in [4.78, 5) is 35.8. The van der Waals surface area contributed by atoms with Crippen molar-refractivity contribution in [1.82, 2.24) is 24.7 Å². The lowest BCUT2D eigenvalue weighted by Gasteiger charge is -2.35. The van der Waals surface area contributed by atoms with E-state index in [1.165, 1.54) is 26.4 Å². The van der Waals surface area contributed by atoms with Crippen LogP contribution in [0.15, 0.2) is 60.8 Å². The predicted octanol–water partition coefficient (Wildman–Crippen LogP) is 4.31. The average Bonchev–Trinajstić information content (AvgIpc) is 3.70. The van der Waals surface area contributed by atoms with Crippen molar-refractivity contribution in [1.29, 1.82) is 0 Å². The molecule has 0 amide bonds. The van der Waals surface area contributed by atoms with Crippen molar-refractivity contribution in [3.05, 3.63) is 77.2 Å². The Morgan fingerprint density at radius 3 is 2.65 bits per heavy atom. The Hall–Kier alpha value is -4.64. The van der Waals surface area contributed by atoms with E-state index in [0.717, 1.165) is 11.3 Å². The lowest BCUT2D eigenvalue weighted by molar-refractivity contribution is -0.129. The Morgan fingerprint density at radius 2 is 1.98 bits per heavy atom. The summed E-state index contributed by atoms with van der Waals surface area (Å²) < 4.78 is 18.7. The molecule has 4 aromatic rings. The van der Waals surface area contributed by atoms with Crippen LogP contribution in [0.3, 0.4) is 0 Å². The highest BCUT2D eigenvalue weighted by Crippen LogP contribution is 2.53. The number of ketones is 2. The SMILES string of the molecule is COc1cc(OC)c2c(c1Cl)O[C@@]1(C(=O)C=C(Nc3ccc(-c4n[nH]c(Cn5ccnc5)n4)cc3)C[C@H]1C)C2=O. The maximum absolute atomic E-state index is 13.7. The number of nitrogens with one attached hydrogen (secondary N) is 2. The van der Waals surface area contributed by atoms with Crippen molar-refractivity contribution in [3.8, 4) is 28.6 Å². The summed E-state index contributed by atoms with van der Waals surface area (Å²) in [6.07, 6.45) is 7.09. The lowest BCUT2D eigenvalue weighted by Crippen LogP contribution is -2.55. The minimum atomic E-state index is -1.72. The molecule has 3 heterocycles. The van der Waals surface area contributed by atoms with E-state index < -0.39 is 23.1 Å². The molecule has 40 heavy (non-hydrogen) atoms. The number of fused-ring (bicyclic) bond motifs is 1. The summed E-state index contributed by atoms with van der Waals surface area (Å²) in [5.41, 5.74) is 0.703. The van der Waals surface area contributed by atoms with Crippen LogP contribution < -0.4 is 19.5 Å². The number of H-pyrrole nitrogens is 1. The molecule has 6 rings (SSSR count). The largest absolute Gasteiger partial charge is 0.496 e. The first kappa shape index (κ1) is 25.6. The number of hydrogen-bond acceptors (Lipinski definition) is 9. The fourth-order valence-corrected chi connectivity index (χ4v) is 5.42. The molecule has 204 valence electrons. The van der Waals surface area contributed by atoms with Gasteiger partial charge in [0.05, 0.1) is 27.1 Å². The van der Waals surface area contributed by atoms with Crippen LogP contribution in [0.2, 0.25) is 5.02 Å². The summed E-state index contributed by atoms with van der Waals surface area (Å²) in [6, 6.07) is 9.07. The van der Waals surface area contributed by atoms with Gasteiger partial charge in [-0.15, -0.1) is 0 Å². The monoisotopic (exact) mass is 560 g/mol. The van der Waals surface area contributed by atoms with Crippen molar-refractivity contribution in [3.63, 3.8) is 0 Å². The molecule has 1 spiro atoms. The van der Waals surface area contributed by atoms with Gasteiger partial charge in [0.1, 0.15) is 27.9 Å². The number of carbonyl (C=O) groups excluding carboxylic acids is 2. The lowest BCUT2D eigenvalue weighted by atomic mass is 9.74. The van der Waals surface area contributed by atoms with E-state index in [0.29, 0.717) is 36.1 Å². The van der Waals surface area contributed by atoms with Gasteiger partial charge < -0.3 is 24.1 Å². The van der Waals surface area contributed by atoms with E-state index in [1.807, 2.05) is 42.0 Å². The number of aromatic amines is 1. The Kier molecular flexibility index (Phi) is 6.30. The van der Waals surface area contributed by atoms with E-state index in [2.05, 4.69) is 25.5 Å². The molecule has 0 saturated heterocycles. The molecule has 2 aliphatic rings. The van der Waals surface area contributed by atoms with Crippen molar-refractivity contribution < 1.29 is 23.8 Å². The number of hydrogen-bond donors (Lipinski definition) is 2. The minimum absolute atomic E-state index is 0.101. The summed E-state index contributed by atoms with van der Waals surface area (Å²) in [5.74, 6) is 0.503. The zero-order chi connectivity index (χ0) is 28.0. The third kappa shape index (κ3) is 4.10. The molecule has 12 heteroatoms. The van der Waals surface area contributed by atoms with Gasteiger partial charge in [-0.1, -0.05) is 18.5 Å². The Labute approximate surface area is 234 Å². The number of aromatic nitrogens is 5. The van der Waals surface area contributed by atoms with Crippen molar-refractivity contribution in [2.75, 3.05) is 19.5 Å². The third-order valence-electron chi connectivity index (χ3n) is 7.18. The number of nitrogens with zero attached hydrogens (tertiary/aromatic N) is 4. The van der Waals surface area contributed by atoms with Gasteiger partial charge in [0.15, 0.2) is 11.6 Å². The number of benzene rings is 2. The molecule has 0 bridgehead atoms.